The Balaban J connectivity index is 1.73. The molecule has 4 rings (SSSR count). The minimum atomic E-state index is -0.327. The molecule has 0 radical (unpaired) electrons. The summed E-state index contributed by atoms with van der Waals surface area (Å²) in [5.74, 6) is 0.357. The number of carbonyl (C=O) groups excluding carboxylic acids is 1. The number of halogens is 2. The molecule has 1 heterocycles. The maximum absolute atomic E-state index is 11.6. The molecule has 0 bridgehead atoms. The van der Waals surface area contributed by atoms with Crippen LogP contribution in [-0.4, -0.2) is 13.1 Å². The fraction of sp³-hybridized carbons (Fsp3) is 0.250. The summed E-state index contributed by atoms with van der Waals surface area (Å²) < 4.78 is 4.77. The van der Waals surface area contributed by atoms with E-state index in [0.717, 1.165) is 23.2 Å². The van der Waals surface area contributed by atoms with E-state index < -0.39 is 0 Å². The van der Waals surface area contributed by atoms with Gasteiger partial charge in [-0.2, -0.15) is 0 Å². The first-order valence-corrected chi connectivity index (χ1v) is 8.94. The zero-order chi connectivity index (χ0) is 17.6. The van der Waals surface area contributed by atoms with Crippen molar-refractivity contribution in [3.05, 3.63) is 75.3 Å². The lowest BCUT2D eigenvalue weighted by molar-refractivity contribution is 0.0600. The first kappa shape index (κ1) is 16.5. The van der Waals surface area contributed by atoms with Crippen LogP contribution >= 0.6 is 23.2 Å². The molecule has 2 aliphatic rings. The molecule has 3 nitrogen and oxygen atoms in total. The SMILES string of the molecule is COC(=O)c1ccc([C@H]2Nc3c(Cl)cc(Cl)cc3[C@H]3C=CC[C@@H]32)cc1. The van der Waals surface area contributed by atoms with Crippen molar-refractivity contribution in [1.82, 2.24) is 0 Å². The topological polar surface area (TPSA) is 38.3 Å². The van der Waals surface area contributed by atoms with Gasteiger partial charge in [0.05, 0.1) is 29.4 Å². The lowest BCUT2D eigenvalue weighted by atomic mass is 9.77. The average molecular weight is 374 g/mol. The van der Waals surface area contributed by atoms with Gasteiger partial charge >= 0.3 is 5.97 Å². The summed E-state index contributed by atoms with van der Waals surface area (Å²) in [4.78, 5) is 11.6. The fourth-order valence-corrected chi connectivity index (χ4v) is 4.46. The maximum Gasteiger partial charge on any atom is 0.337 e. The van der Waals surface area contributed by atoms with Crippen LogP contribution in [0.1, 0.15) is 39.9 Å². The predicted molar refractivity (Wildman–Crippen MR) is 101 cm³/mol. The van der Waals surface area contributed by atoms with Crippen molar-refractivity contribution < 1.29 is 9.53 Å². The lowest BCUT2D eigenvalue weighted by Gasteiger charge is -2.38. The molecule has 0 saturated heterocycles. The molecule has 128 valence electrons. The van der Waals surface area contributed by atoms with Crippen molar-refractivity contribution in [2.75, 3.05) is 12.4 Å². The number of ether oxygens (including phenoxy) is 1. The summed E-state index contributed by atoms with van der Waals surface area (Å²) in [7, 11) is 1.39. The zero-order valence-electron chi connectivity index (χ0n) is 13.6. The first-order valence-electron chi connectivity index (χ1n) is 8.19. The Bertz CT molecular complexity index is 861. The van der Waals surface area contributed by atoms with Crippen LogP contribution in [0.15, 0.2) is 48.6 Å². The Morgan fingerprint density at radius 2 is 1.96 bits per heavy atom. The van der Waals surface area contributed by atoms with Gasteiger partial charge in [-0.3, -0.25) is 0 Å². The maximum atomic E-state index is 11.6. The smallest absolute Gasteiger partial charge is 0.337 e. The lowest BCUT2D eigenvalue weighted by Crippen LogP contribution is -2.29. The minimum absolute atomic E-state index is 0.123. The minimum Gasteiger partial charge on any atom is -0.465 e. The molecular formula is C20H17Cl2NO2. The van der Waals surface area contributed by atoms with Gasteiger partial charge in [-0.15, -0.1) is 0 Å². The van der Waals surface area contributed by atoms with Crippen molar-refractivity contribution in [3.8, 4) is 0 Å². The second-order valence-corrected chi connectivity index (χ2v) is 7.28. The van der Waals surface area contributed by atoms with Gasteiger partial charge in [0.1, 0.15) is 0 Å². The van der Waals surface area contributed by atoms with Crippen molar-refractivity contribution in [3.63, 3.8) is 0 Å². The molecule has 0 saturated carbocycles. The second kappa shape index (κ2) is 6.40. The van der Waals surface area contributed by atoms with Crippen molar-refractivity contribution >= 4 is 34.9 Å². The largest absolute Gasteiger partial charge is 0.465 e. The van der Waals surface area contributed by atoms with Gasteiger partial charge in [0.25, 0.3) is 0 Å². The van der Waals surface area contributed by atoms with Gasteiger partial charge in [-0.05, 0) is 47.7 Å². The summed E-state index contributed by atoms with van der Waals surface area (Å²) in [6, 6.07) is 11.5. The third kappa shape index (κ3) is 2.82. The highest BCUT2D eigenvalue weighted by Gasteiger charge is 2.38. The molecule has 25 heavy (non-hydrogen) atoms. The second-order valence-electron chi connectivity index (χ2n) is 6.44. The number of anilines is 1. The normalized spacial score (nSPS) is 23.6. The van der Waals surface area contributed by atoms with Gasteiger partial charge in [0.15, 0.2) is 0 Å². The monoisotopic (exact) mass is 373 g/mol. The molecule has 0 unspecified atom stereocenters. The molecule has 1 N–H and O–H groups in total. The third-order valence-corrected chi connectivity index (χ3v) is 5.59. The molecular weight excluding hydrogens is 357 g/mol. The molecule has 2 aromatic carbocycles. The van der Waals surface area contributed by atoms with Crippen LogP contribution < -0.4 is 5.32 Å². The summed E-state index contributed by atoms with van der Waals surface area (Å²) in [6.45, 7) is 0. The number of hydrogen-bond donors (Lipinski definition) is 1. The number of nitrogens with one attached hydrogen (secondary N) is 1. The molecule has 5 heteroatoms. The van der Waals surface area contributed by atoms with E-state index in [4.69, 9.17) is 27.9 Å². The predicted octanol–water partition coefficient (Wildman–Crippen LogP) is 5.61. The highest BCUT2D eigenvalue weighted by molar-refractivity contribution is 6.36. The van der Waals surface area contributed by atoms with E-state index in [-0.39, 0.29) is 17.9 Å². The fourth-order valence-electron chi connectivity index (χ4n) is 3.90. The van der Waals surface area contributed by atoms with Crippen LogP contribution in [0.2, 0.25) is 10.0 Å². The van der Waals surface area contributed by atoms with Crippen molar-refractivity contribution in [2.24, 2.45) is 5.92 Å². The first-order chi connectivity index (χ1) is 12.1. The number of esters is 1. The standard InChI is InChI=1S/C20H17Cl2NO2/c1-25-20(24)12-7-5-11(6-8-12)18-15-4-2-3-14(15)16-9-13(21)10-17(22)19(16)23-18/h2-3,5-10,14-15,18,23H,4H2,1H3/t14-,15-,18+/m0/s1. The molecule has 1 aliphatic heterocycles. The Hall–Kier alpha value is -1.97. The quantitative estimate of drug-likeness (QED) is 0.549. The number of carbonyl (C=O) groups is 1. The van der Waals surface area contributed by atoms with Crippen LogP contribution in [0.5, 0.6) is 0 Å². The van der Waals surface area contributed by atoms with Crippen LogP contribution in [0.3, 0.4) is 0 Å². The number of allylic oxidation sites excluding steroid dienone is 2. The van der Waals surface area contributed by atoms with E-state index in [0.29, 0.717) is 21.5 Å². The Kier molecular flexibility index (Phi) is 4.22. The number of fused-ring (bicyclic) bond motifs is 3. The molecule has 1 aliphatic carbocycles. The molecule has 0 spiro atoms. The summed E-state index contributed by atoms with van der Waals surface area (Å²) in [6.07, 6.45) is 5.45. The highest BCUT2D eigenvalue weighted by atomic mass is 35.5. The molecule has 0 aromatic heterocycles. The molecule has 2 aromatic rings. The highest BCUT2D eigenvalue weighted by Crippen LogP contribution is 2.52. The van der Waals surface area contributed by atoms with Crippen molar-refractivity contribution in [1.29, 1.82) is 0 Å². The van der Waals surface area contributed by atoms with Gasteiger partial charge in [-0.1, -0.05) is 47.5 Å². The summed E-state index contributed by atoms with van der Waals surface area (Å²) in [5, 5.41) is 4.89. The Labute approximate surface area is 156 Å². The van der Waals surface area contributed by atoms with E-state index in [9.17, 15) is 4.79 Å². The van der Waals surface area contributed by atoms with Gasteiger partial charge in [-0.25, -0.2) is 4.79 Å². The van der Waals surface area contributed by atoms with Gasteiger partial charge in [0, 0.05) is 10.9 Å². The van der Waals surface area contributed by atoms with Crippen molar-refractivity contribution in [2.45, 2.75) is 18.4 Å². The van der Waals surface area contributed by atoms with E-state index in [1.54, 1.807) is 18.2 Å². The number of benzene rings is 2. The average Bonchev–Trinajstić information content (AvgIpc) is 3.11. The van der Waals surface area contributed by atoms with Gasteiger partial charge < -0.3 is 10.1 Å². The number of methoxy groups -OCH3 is 1. The number of rotatable bonds is 2. The summed E-state index contributed by atoms with van der Waals surface area (Å²) in [5.41, 5.74) is 3.77. The van der Waals surface area contributed by atoms with Crippen LogP contribution in [0.25, 0.3) is 0 Å². The molecule has 0 amide bonds. The van der Waals surface area contributed by atoms with Crippen LogP contribution in [-0.2, 0) is 4.74 Å². The Morgan fingerprint density at radius 3 is 2.68 bits per heavy atom. The van der Waals surface area contributed by atoms with Gasteiger partial charge in [0.2, 0.25) is 0 Å². The van der Waals surface area contributed by atoms with Crippen LogP contribution in [0.4, 0.5) is 5.69 Å². The summed E-state index contributed by atoms with van der Waals surface area (Å²) >= 11 is 12.7. The van der Waals surface area contributed by atoms with E-state index in [2.05, 4.69) is 17.5 Å². The number of hydrogen-bond acceptors (Lipinski definition) is 3. The zero-order valence-corrected chi connectivity index (χ0v) is 15.1. The van der Waals surface area contributed by atoms with E-state index in [1.165, 1.54) is 7.11 Å². The Morgan fingerprint density at radius 1 is 1.20 bits per heavy atom. The molecule has 3 atom stereocenters. The third-order valence-electron chi connectivity index (χ3n) is 5.08. The van der Waals surface area contributed by atoms with E-state index >= 15 is 0 Å². The van der Waals surface area contributed by atoms with Crippen LogP contribution in [0, 0.1) is 5.92 Å². The van der Waals surface area contributed by atoms with E-state index in [1.807, 2.05) is 18.2 Å². The molecule has 0 fully saturated rings.